The normalized spacial score (nSPS) is 22.5. The van der Waals surface area contributed by atoms with Gasteiger partial charge in [0.05, 0.1) is 18.2 Å². The predicted octanol–water partition coefficient (Wildman–Crippen LogP) is 1.57. The van der Waals surface area contributed by atoms with E-state index in [4.69, 9.17) is 4.52 Å². The van der Waals surface area contributed by atoms with E-state index in [1.165, 1.54) is 0 Å². The van der Waals surface area contributed by atoms with Crippen molar-refractivity contribution in [1.82, 2.24) is 25.2 Å². The lowest BCUT2D eigenvalue weighted by Gasteiger charge is -2.46. The average molecular weight is 395 g/mol. The summed E-state index contributed by atoms with van der Waals surface area (Å²) in [5.41, 5.74) is 0.215. The molecule has 29 heavy (non-hydrogen) atoms. The number of piperidine rings is 1. The van der Waals surface area contributed by atoms with Gasteiger partial charge in [-0.15, -0.1) is 0 Å². The molecule has 0 spiro atoms. The summed E-state index contributed by atoms with van der Waals surface area (Å²) in [5.74, 6) is 0.215. The number of β-amino-alcohol motifs (C(OH)–C–C–N with tert-alkyl or cyclic N) is 1. The number of aliphatic hydroxyl groups excluding tert-OH is 1. The maximum atomic E-state index is 12.8. The van der Waals surface area contributed by atoms with Gasteiger partial charge < -0.3 is 14.9 Å². The summed E-state index contributed by atoms with van der Waals surface area (Å²) in [6.07, 6.45) is 3.49. The second-order valence-electron chi connectivity index (χ2n) is 7.45. The fourth-order valence-electron chi connectivity index (χ4n) is 3.90. The molecule has 1 aliphatic heterocycles. The molecule has 2 N–H and O–H groups in total. The molecule has 1 amide bonds. The van der Waals surface area contributed by atoms with Crippen LogP contribution in [0.2, 0.25) is 0 Å². The Morgan fingerprint density at radius 2 is 2.14 bits per heavy atom. The van der Waals surface area contributed by atoms with Crippen LogP contribution in [0.5, 0.6) is 0 Å². The molecular formula is C21H25N5O3. The van der Waals surface area contributed by atoms with Crippen LogP contribution in [0.15, 0.2) is 59.4 Å². The summed E-state index contributed by atoms with van der Waals surface area (Å²) < 4.78 is 6.91. The number of rotatable bonds is 6. The van der Waals surface area contributed by atoms with E-state index in [-0.39, 0.29) is 11.6 Å². The lowest BCUT2D eigenvalue weighted by atomic mass is 9.78. The van der Waals surface area contributed by atoms with Crippen LogP contribution in [-0.4, -0.2) is 56.6 Å². The van der Waals surface area contributed by atoms with E-state index in [1.54, 1.807) is 19.2 Å². The van der Waals surface area contributed by atoms with Crippen molar-refractivity contribution in [3.63, 3.8) is 0 Å². The predicted molar refractivity (Wildman–Crippen MR) is 106 cm³/mol. The molecule has 0 radical (unpaired) electrons. The Balaban J connectivity index is 1.52. The third kappa shape index (κ3) is 4.08. The summed E-state index contributed by atoms with van der Waals surface area (Å²) in [4.78, 5) is 15.0. The number of aryl methyl sites for hydroxylation is 1. The fraction of sp³-hybridized carbons (Fsp3) is 0.381. The Hall–Kier alpha value is -2.97. The van der Waals surface area contributed by atoms with E-state index in [9.17, 15) is 9.90 Å². The van der Waals surface area contributed by atoms with Gasteiger partial charge in [0.15, 0.2) is 5.69 Å². The van der Waals surface area contributed by atoms with Gasteiger partial charge in [-0.25, -0.2) is 0 Å². The van der Waals surface area contributed by atoms with Gasteiger partial charge in [-0.2, -0.15) is 5.10 Å². The number of likely N-dealkylation sites (tertiary alicyclic amines) is 1. The first-order chi connectivity index (χ1) is 14.1. The number of aromatic nitrogens is 3. The Morgan fingerprint density at radius 3 is 2.79 bits per heavy atom. The minimum Gasteiger partial charge on any atom is -0.389 e. The molecule has 2 aromatic heterocycles. The Labute approximate surface area is 169 Å². The van der Waals surface area contributed by atoms with Crippen molar-refractivity contribution in [2.24, 2.45) is 0 Å². The van der Waals surface area contributed by atoms with Crippen molar-refractivity contribution in [3.05, 3.63) is 71.9 Å². The molecule has 0 aliphatic carbocycles. The molecule has 3 aromatic rings. The van der Waals surface area contributed by atoms with Gasteiger partial charge >= 0.3 is 0 Å². The Morgan fingerprint density at radius 1 is 1.31 bits per heavy atom. The minimum atomic E-state index is -0.882. The van der Waals surface area contributed by atoms with Gasteiger partial charge in [-0.1, -0.05) is 35.5 Å². The molecule has 0 unspecified atom stereocenters. The molecule has 1 aliphatic rings. The standard InChI is InChI=1S/C21H25N5O3/c1-16-14-18(24-29-16)20(28)23-21(17-6-3-2-4-7-17)8-11-25(15-19(21)27)12-13-26-10-5-9-22-26/h2-7,9-10,14,19,27H,8,11-13,15H2,1H3,(H,23,28)/t19-,21+/m1/s1. The van der Waals surface area contributed by atoms with E-state index in [1.807, 2.05) is 47.3 Å². The smallest absolute Gasteiger partial charge is 0.274 e. The van der Waals surface area contributed by atoms with Crippen LogP contribution in [0.4, 0.5) is 0 Å². The SMILES string of the molecule is Cc1cc(C(=O)N[C@]2(c3ccccc3)CCN(CCn3cccn3)C[C@H]2O)no1. The van der Waals surface area contributed by atoms with Crippen molar-refractivity contribution in [2.75, 3.05) is 19.6 Å². The highest BCUT2D eigenvalue weighted by Crippen LogP contribution is 2.33. The zero-order valence-corrected chi connectivity index (χ0v) is 16.4. The average Bonchev–Trinajstić information content (AvgIpc) is 3.41. The maximum absolute atomic E-state index is 12.8. The van der Waals surface area contributed by atoms with Crippen molar-refractivity contribution < 1.29 is 14.4 Å². The Kier molecular flexibility index (Phi) is 5.46. The van der Waals surface area contributed by atoms with E-state index >= 15 is 0 Å². The molecule has 2 atom stereocenters. The molecule has 1 saturated heterocycles. The van der Waals surface area contributed by atoms with Crippen LogP contribution < -0.4 is 5.32 Å². The number of benzene rings is 1. The number of hydrogen-bond donors (Lipinski definition) is 2. The number of amides is 1. The summed E-state index contributed by atoms with van der Waals surface area (Å²) in [5, 5.41) is 22.3. The fourth-order valence-corrected chi connectivity index (χ4v) is 3.90. The second kappa shape index (κ2) is 8.18. The van der Waals surface area contributed by atoms with Crippen LogP contribution in [0, 0.1) is 6.92 Å². The quantitative estimate of drug-likeness (QED) is 0.658. The number of nitrogens with one attached hydrogen (secondary N) is 1. The van der Waals surface area contributed by atoms with Crippen molar-refractivity contribution in [2.45, 2.75) is 31.5 Å². The molecule has 1 aromatic carbocycles. The van der Waals surface area contributed by atoms with Crippen molar-refractivity contribution in [3.8, 4) is 0 Å². The summed E-state index contributed by atoms with van der Waals surface area (Å²) in [6.45, 7) is 4.46. The van der Waals surface area contributed by atoms with E-state index < -0.39 is 11.6 Å². The topological polar surface area (TPSA) is 96.4 Å². The second-order valence-corrected chi connectivity index (χ2v) is 7.45. The van der Waals surface area contributed by atoms with E-state index in [2.05, 4.69) is 20.5 Å². The van der Waals surface area contributed by atoms with Gasteiger partial charge in [-0.3, -0.25) is 14.4 Å². The molecule has 8 heteroatoms. The lowest BCUT2D eigenvalue weighted by Crippen LogP contribution is -2.62. The number of aliphatic hydroxyl groups is 1. The van der Waals surface area contributed by atoms with Crippen molar-refractivity contribution in [1.29, 1.82) is 0 Å². The molecule has 3 heterocycles. The summed E-state index contributed by atoms with van der Waals surface area (Å²) in [7, 11) is 0. The van der Waals surface area contributed by atoms with Crippen LogP contribution in [-0.2, 0) is 12.1 Å². The first kappa shape index (κ1) is 19.4. The molecule has 0 saturated carbocycles. The largest absolute Gasteiger partial charge is 0.389 e. The van der Waals surface area contributed by atoms with E-state index in [0.717, 1.165) is 25.2 Å². The lowest BCUT2D eigenvalue weighted by molar-refractivity contribution is -0.0167. The first-order valence-electron chi connectivity index (χ1n) is 9.76. The van der Waals surface area contributed by atoms with E-state index in [0.29, 0.717) is 18.7 Å². The highest BCUT2D eigenvalue weighted by atomic mass is 16.5. The van der Waals surface area contributed by atoms with Crippen LogP contribution in [0.25, 0.3) is 0 Å². The number of carbonyl (C=O) groups is 1. The number of nitrogens with zero attached hydrogens (tertiary/aromatic N) is 4. The minimum absolute atomic E-state index is 0.214. The highest BCUT2D eigenvalue weighted by Gasteiger charge is 2.45. The number of hydrogen-bond acceptors (Lipinski definition) is 6. The van der Waals surface area contributed by atoms with Crippen LogP contribution in [0.1, 0.15) is 28.2 Å². The first-order valence-corrected chi connectivity index (χ1v) is 9.76. The third-order valence-electron chi connectivity index (χ3n) is 5.51. The Bertz CT molecular complexity index is 940. The van der Waals surface area contributed by atoms with Gasteiger partial charge in [-0.05, 0) is 25.0 Å². The molecule has 0 bridgehead atoms. The molecule has 4 rings (SSSR count). The van der Waals surface area contributed by atoms with Gasteiger partial charge in [0, 0.05) is 38.1 Å². The number of carbonyl (C=O) groups excluding carboxylic acids is 1. The van der Waals surface area contributed by atoms with Gasteiger partial charge in [0.25, 0.3) is 5.91 Å². The molecule has 1 fully saturated rings. The summed E-state index contributed by atoms with van der Waals surface area (Å²) in [6, 6.07) is 13.1. The monoisotopic (exact) mass is 395 g/mol. The maximum Gasteiger partial charge on any atom is 0.274 e. The van der Waals surface area contributed by atoms with Crippen molar-refractivity contribution >= 4 is 5.91 Å². The summed E-state index contributed by atoms with van der Waals surface area (Å²) >= 11 is 0. The van der Waals surface area contributed by atoms with Crippen LogP contribution in [0.3, 0.4) is 0 Å². The third-order valence-corrected chi connectivity index (χ3v) is 5.51. The van der Waals surface area contributed by atoms with Gasteiger partial charge in [0.2, 0.25) is 0 Å². The van der Waals surface area contributed by atoms with Crippen LogP contribution >= 0.6 is 0 Å². The zero-order chi connectivity index (χ0) is 20.3. The van der Waals surface area contributed by atoms with Gasteiger partial charge in [0.1, 0.15) is 5.76 Å². The highest BCUT2D eigenvalue weighted by molar-refractivity contribution is 5.93. The molecule has 8 nitrogen and oxygen atoms in total. The molecular weight excluding hydrogens is 370 g/mol. The zero-order valence-electron chi connectivity index (χ0n) is 16.4. The molecule has 152 valence electrons.